The fraction of sp³-hybridized carbons (Fsp3) is 0.242. The lowest BCUT2D eigenvalue weighted by atomic mass is 9.85. The van der Waals surface area contributed by atoms with E-state index < -0.39 is 25.8 Å². The van der Waals surface area contributed by atoms with Gasteiger partial charge in [-0.25, -0.2) is 8.42 Å². The number of aryl methyl sites for hydroxylation is 1. The van der Waals surface area contributed by atoms with Crippen LogP contribution in [0.25, 0.3) is 11.1 Å². The molecular formula is C33H33NO4S. The second kappa shape index (κ2) is 11.1. The third kappa shape index (κ3) is 4.74. The van der Waals surface area contributed by atoms with Gasteiger partial charge in [0.05, 0.1) is 7.11 Å². The lowest BCUT2D eigenvalue weighted by molar-refractivity contribution is -0.140. The molecule has 1 aliphatic carbocycles. The molecule has 0 radical (unpaired) electrons. The Hall–Kier alpha value is -3.90. The van der Waals surface area contributed by atoms with E-state index in [-0.39, 0.29) is 6.42 Å². The Bertz CT molecular complexity index is 1640. The van der Waals surface area contributed by atoms with Gasteiger partial charge in [-0.2, -0.15) is 0 Å². The van der Waals surface area contributed by atoms with Crippen LogP contribution < -0.4 is 0 Å². The molecule has 2 heterocycles. The fourth-order valence-corrected chi connectivity index (χ4v) is 7.92. The van der Waals surface area contributed by atoms with E-state index in [1.165, 1.54) is 7.11 Å². The zero-order chi connectivity index (χ0) is 27.5. The molecule has 0 fully saturated rings. The number of rotatable bonds is 9. The van der Waals surface area contributed by atoms with Gasteiger partial charge >= 0.3 is 5.97 Å². The summed E-state index contributed by atoms with van der Waals surface area (Å²) in [6, 6.07) is 24.5. The first-order chi connectivity index (χ1) is 18.9. The van der Waals surface area contributed by atoms with Crippen LogP contribution >= 0.6 is 0 Å². The SMILES string of the molecule is CCCCc1c(C2(S(=O)(=O)C(C(=O)OC)c3ccccc3)C=CC(c3ccccc3)=CC2)cn2ccccc12. The molecule has 0 bridgehead atoms. The fourth-order valence-electron chi connectivity index (χ4n) is 5.58. The van der Waals surface area contributed by atoms with Crippen molar-refractivity contribution in [2.45, 2.75) is 42.6 Å². The number of methoxy groups -OCH3 is 1. The van der Waals surface area contributed by atoms with Gasteiger partial charge in [-0.3, -0.25) is 4.79 Å². The highest BCUT2D eigenvalue weighted by Crippen LogP contribution is 2.49. The second-order valence-electron chi connectivity index (χ2n) is 9.93. The number of hydrogen-bond acceptors (Lipinski definition) is 4. The van der Waals surface area contributed by atoms with Crippen molar-refractivity contribution in [2.75, 3.05) is 7.11 Å². The van der Waals surface area contributed by atoms with Crippen molar-refractivity contribution in [3.8, 4) is 0 Å². The van der Waals surface area contributed by atoms with Crippen molar-refractivity contribution >= 4 is 26.9 Å². The van der Waals surface area contributed by atoms with Crippen LogP contribution in [0.1, 0.15) is 53.7 Å². The molecule has 5 rings (SSSR count). The van der Waals surface area contributed by atoms with Crippen molar-refractivity contribution in [1.82, 2.24) is 4.40 Å². The van der Waals surface area contributed by atoms with Crippen molar-refractivity contribution in [3.05, 3.63) is 132 Å². The number of carbonyl (C=O) groups excluding carboxylic acids is 1. The third-order valence-electron chi connectivity index (χ3n) is 7.63. The maximum absolute atomic E-state index is 15.0. The molecule has 5 nitrogen and oxygen atoms in total. The van der Waals surface area contributed by atoms with Crippen molar-refractivity contribution in [1.29, 1.82) is 0 Å². The number of aromatic nitrogens is 1. The number of ether oxygens (including phenoxy) is 1. The van der Waals surface area contributed by atoms with Gasteiger partial charge in [-0.05, 0) is 59.2 Å². The van der Waals surface area contributed by atoms with Crippen LogP contribution in [-0.2, 0) is 30.5 Å². The Balaban J connectivity index is 1.76. The molecule has 2 unspecified atom stereocenters. The monoisotopic (exact) mass is 539 g/mol. The molecule has 2 aromatic carbocycles. The zero-order valence-corrected chi connectivity index (χ0v) is 23.1. The third-order valence-corrected chi connectivity index (χ3v) is 10.3. The number of sulfone groups is 1. The summed E-state index contributed by atoms with van der Waals surface area (Å²) in [6.07, 6.45) is 12.4. The number of pyridine rings is 1. The van der Waals surface area contributed by atoms with Crippen LogP contribution in [0, 0.1) is 0 Å². The summed E-state index contributed by atoms with van der Waals surface area (Å²) in [5.41, 5.74) is 5.06. The molecule has 0 aliphatic heterocycles. The molecule has 1 aliphatic rings. The number of fused-ring (bicyclic) bond motifs is 1. The van der Waals surface area contributed by atoms with Crippen LogP contribution in [0.2, 0.25) is 0 Å². The number of carbonyl (C=O) groups is 1. The van der Waals surface area contributed by atoms with Gasteiger partial charge in [0.25, 0.3) is 0 Å². The Labute approximate surface area is 230 Å². The molecule has 6 heteroatoms. The van der Waals surface area contributed by atoms with Crippen LogP contribution in [0.3, 0.4) is 0 Å². The van der Waals surface area contributed by atoms with E-state index in [0.29, 0.717) is 11.1 Å². The van der Waals surface area contributed by atoms with E-state index in [1.807, 2.05) is 77.5 Å². The quantitative estimate of drug-likeness (QED) is 0.218. The van der Waals surface area contributed by atoms with E-state index in [1.54, 1.807) is 36.4 Å². The van der Waals surface area contributed by atoms with Crippen LogP contribution in [0.15, 0.2) is 109 Å². The Morgan fingerprint density at radius 1 is 1.00 bits per heavy atom. The number of allylic oxidation sites excluding steroid dienone is 3. The van der Waals surface area contributed by atoms with Crippen LogP contribution in [-0.4, -0.2) is 25.9 Å². The van der Waals surface area contributed by atoms with Crippen LogP contribution in [0.4, 0.5) is 0 Å². The molecule has 0 amide bonds. The first kappa shape index (κ1) is 26.7. The minimum absolute atomic E-state index is 0.201. The van der Waals surface area contributed by atoms with E-state index in [2.05, 4.69) is 6.92 Å². The molecule has 4 aromatic rings. The van der Waals surface area contributed by atoms with Crippen LogP contribution in [0.5, 0.6) is 0 Å². The summed E-state index contributed by atoms with van der Waals surface area (Å²) >= 11 is 0. The zero-order valence-electron chi connectivity index (χ0n) is 22.3. The molecule has 39 heavy (non-hydrogen) atoms. The number of nitrogens with zero attached hydrogens (tertiary/aromatic N) is 1. The Morgan fingerprint density at radius 2 is 1.69 bits per heavy atom. The topological polar surface area (TPSA) is 64.8 Å². The summed E-state index contributed by atoms with van der Waals surface area (Å²) in [7, 11) is -2.98. The predicted molar refractivity (Wildman–Crippen MR) is 156 cm³/mol. The minimum atomic E-state index is -4.22. The van der Waals surface area contributed by atoms with Crippen molar-refractivity contribution in [3.63, 3.8) is 0 Å². The van der Waals surface area contributed by atoms with Gasteiger partial charge < -0.3 is 9.14 Å². The highest BCUT2D eigenvalue weighted by atomic mass is 32.2. The van der Waals surface area contributed by atoms with Gasteiger partial charge in [-0.1, -0.05) is 98.3 Å². The van der Waals surface area contributed by atoms with E-state index in [4.69, 9.17) is 4.74 Å². The number of hydrogen-bond donors (Lipinski definition) is 0. The second-order valence-corrected chi connectivity index (χ2v) is 12.2. The number of esters is 1. The molecule has 0 saturated carbocycles. The molecule has 0 N–H and O–H groups in total. The molecule has 0 spiro atoms. The average molecular weight is 540 g/mol. The lowest BCUT2D eigenvalue weighted by Crippen LogP contribution is -2.41. The summed E-state index contributed by atoms with van der Waals surface area (Å²) in [4.78, 5) is 13.2. The highest BCUT2D eigenvalue weighted by Gasteiger charge is 2.52. The summed E-state index contributed by atoms with van der Waals surface area (Å²) in [5, 5.41) is -1.47. The normalized spacial score (nSPS) is 18.1. The first-order valence-electron chi connectivity index (χ1n) is 13.3. The largest absolute Gasteiger partial charge is 0.468 e. The molecule has 2 aromatic heterocycles. The molecular weight excluding hydrogens is 506 g/mol. The van der Waals surface area contributed by atoms with E-state index in [0.717, 1.165) is 41.5 Å². The average Bonchev–Trinajstić information content (AvgIpc) is 3.35. The summed E-state index contributed by atoms with van der Waals surface area (Å²) in [5.74, 6) is -0.786. The van der Waals surface area contributed by atoms with Gasteiger partial charge in [0.1, 0.15) is 4.75 Å². The van der Waals surface area contributed by atoms with Gasteiger partial charge in [0.15, 0.2) is 15.1 Å². The lowest BCUT2D eigenvalue weighted by Gasteiger charge is -2.35. The molecule has 2 atom stereocenters. The van der Waals surface area contributed by atoms with Gasteiger partial charge in [-0.15, -0.1) is 0 Å². The maximum atomic E-state index is 15.0. The number of unbranched alkanes of at least 4 members (excludes halogenated alkanes) is 1. The maximum Gasteiger partial charge on any atom is 0.328 e. The molecule has 0 saturated heterocycles. The van der Waals surface area contributed by atoms with Crippen molar-refractivity contribution < 1.29 is 17.9 Å². The number of benzene rings is 2. The van der Waals surface area contributed by atoms with Gasteiger partial charge in [0.2, 0.25) is 0 Å². The summed E-state index contributed by atoms with van der Waals surface area (Å²) in [6.45, 7) is 2.13. The standard InChI is InChI=1S/C33H33NO4S/c1-3-4-17-28-29(24-34-23-12-11-18-30(28)34)33(21-19-26(20-22-33)25-13-7-5-8-14-25)39(36,37)31(32(35)38-2)27-15-9-6-10-16-27/h5-16,18-21,23-24,31H,3-4,17,22H2,1-2H3. The highest BCUT2D eigenvalue weighted by molar-refractivity contribution is 7.93. The Morgan fingerprint density at radius 3 is 2.33 bits per heavy atom. The Kier molecular flexibility index (Phi) is 7.58. The minimum Gasteiger partial charge on any atom is -0.468 e. The smallest absolute Gasteiger partial charge is 0.328 e. The van der Waals surface area contributed by atoms with Crippen molar-refractivity contribution in [2.24, 2.45) is 0 Å². The summed E-state index contributed by atoms with van der Waals surface area (Å²) < 4.78 is 35.6. The van der Waals surface area contributed by atoms with E-state index >= 15 is 0 Å². The first-order valence-corrected chi connectivity index (χ1v) is 14.9. The molecule has 200 valence electrons. The predicted octanol–water partition coefficient (Wildman–Crippen LogP) is 6.85. The van der Waals surface area contributed by atoms with Gasteiger partial charge in [0, 0.05) is 17.9 Å². The van der Waals surface area contributed by atoms with E-state index in [9.17, 15) is 13.2 Å².